The molecule has 0 aromatic rings. The molecule has 14 unspecified atom stereocenters. The standard InChI is InChI=1S/C30H40O8.8CH4/c1-13-17(19-11-18(13)26-21(19)12-36-29(26)33)10-20(28(32)37-22-5-3-4-8-35-22)24-15-6-7-16(9-15)25(24)23-14(2)27(31)38-30(23)34;;;;;;;;/h13-26H,3-12H2,1-2H3;8*1H4. The Hall–Kier alpha value is -1.96. The molecule has 0 aromatic heterocycles. The van der Waals surface area contributed by atoms with Crippen molar-refractivity contribution in [3.8, 4) is 0 Å². The van der Waals surface area contributed by atoms with Gasteiger partial charge in [-0.25, -0.2) is 0 Å². The van der Waals surface area contributed by atoms with Crippen LogP contribution in [0.1, 0.15) is 125 Å². The molecule has 4 bridgehead atoms. The van der Waals surface area contributed by atoms with Crippen LogP contribution >= 0.6 is 0 Å². The highest BCUT2D eigenvalue weighted by Gasteiger charge is 2.64. The summed E-state index contributed by atoms with van der Waals surface area (Å²) in [6, 6.07) is 0. The van der Waals surface area contributed by atoms with Crippen LogP contribution in [0, 0.1) is 76.9 Å². The van der Waals surface area contributed by atoms with Gasteiger partial charge in [-0.1, -0.05) is 73.3 Å². The van der Waals surface area contributed by atoms with Gasteiger partial charge in [-0.05, 0) is 92.3 Å². The Bertz CT molecular complexity index is 1020. The summed E-state index contributed by atoms with van der Waals surface area (Å²) in [6.45, 7) is 5.16. The zero-order valence-electron chi connectivity index (χ0n) is 22.4. The van der Waals surface area contributed by atoms with Crippen LogP contribution in [0.3, 0.4) is 0 Å². The third-order valence-electron chi connectivity index (χ3n) is 12.1. The molecule has 0 aromatic carbocycles. The van der Waals surface area contributed by atoms with Crippen molar-refractivity contribution < 1.29 is 38.1 Å². The van der Waals surface area contributed by atoms with Gasteiger partial charge in [-0.3, -0.25) is 19.2 Å². The molecular weight excluding hydrogens is 584 g/mol. The Labute approximate surface area is 282 Å². The van der Waals surface area contributed by atoms with Crippen molar-refractivity contribution in [2.75, 3.05) is 13.2 Å². The molecule has 8 heteroatoms. The maximum Gasteiger partial charge on any atom is 0.317 e. The molecule has 46 heavy (non-hydrogen) atoms. The van der Waals surface area contributed by atoms with E-state index in [0.29, 0.717) is 61.6 Å². The Morgan fingerprint density at radius 3 is 2.07 bits per heavy atom. The lowest BCUT2D eigenvalue weighted by Gasteiger charge is -2.42. The number of cyclic esters (lactones) is 3. The van der Waals surface area contributed by atoms with Crippen molar-refractivity contribution in [2.45, 2.75) is 131 Å². The smallest absolute Gasteiger partial charge is 0.317 e. The molecular formula is C38H72O8. The van der Waals surface area contributed by atoms with Gasteiger partial charge in [0.2, 0.25) is 6.29 Å². The Balaban J connectivity index is 0. The van der Waals surface area contributed by atoms with Gasteiger partial charge in [-0.15, -0.1) is 0 Å². The monoisotopic (exact) mass is 657 g/mol. The van der Waals surface area contributed by atoms with Crippen LogP contribution in [0.2, 0.25) is 0 Å². The number of hydrogen-bond acceptors (Lipinski definition) is 8. The molecule has 7 rings (SSSR count). The molecule has 3 aliphatic heterocycles. The third-order valence-corrected chi connectivity index (χ3v) is 12.1. The van der Waals surface area contributed by atoms with Gasteiger partial charge in [0.25, 0.3) is 0 Å². The SMILES string of the molecule is C.C.C.C.C.C.C.C.CC1C(=O)OC(=O)C1C1C2CCC(C2)C1C(CC1C(C)C2CC1C1COC(=O)C21)C(=O)OC1CCCCO1. The van der Waals surface area contributed by atoms with Crippen molar-refractivity contribution in [1.29, 1.82) is 0 Å². The Morgan fingerprint density at radius 2 is 1.46 bits per heavy atom. The van der Waals surface area contributed by atoms with E-state index in [1.54, 1.807) is 6.92 Å². The summed E-state index contributed by atoms with van der Waals surface area (Å²) in [5, 5.41) is 0. The summed E-state index contributed by atoms with van der Waals surface area (Å²) in [4.78, 5) is 51.8. The quantitative estimate of drug-likeness (QED) is 0.159. The lowest BCUT2D eigenvalue weighted by Crippen LogP contribution is -2.44. The van der Waals surface area contributed by atoms with Crippen LogP contribution in [0.5, 0.6) is 0 Å². The van der Waals surface area contributed by atoms with E-state index in [1.807, 2.05) is 0 Å². The van der Waals surface area contributed by atoms with Crippen molar-refractivity contribution in [2.24, 2.45) is 76.9 Å². The predicted molar refractivity (Wildman–Crippen MR) is 185 cm³/mol. The number of carbonyl (C=O) groups excluding carboxylic acids is 4. The van der Waals surface area contributed by atoms with Gasteiger partial charge < -0.3 is 18.9 Å². The molecule has 3 saturated heterocycles. The summed E-state index contributed by atoms with van der Waals surface area (Å²) in [7, 11) is 0. The van der Waals surface area contributed by atoms with Gasteiger partial charge >= 0.3 is 23.9 Å². The largest absolute Gasteiger partial charge is 0.465 e. The van der Waals surface area contributed by atoms with Crippen molar-refractivity contribution >= 4 is 23.9 Å². The molecule has 4 saturated carbocycles. The van der Waals surface area contributed by atoms with Gasteiger partial charge in [0.15, 0.2) is 0 Å². The molecule has 7 aliphatic rings. The summed E-state index contributed by atoms with van der Waals surface area (Å²) in [6.07, 6.45) is 7.01. The Kier molecular flexibility index (Phi) is 17.5. The van der Waals surface area contributed by atoms with Crippen LogP contribution in [0.4, 0.5) is 0 Å². The third kappa shape index (κ3) is 7.08. The first-order chi connectivity index (χ1) is 18.3. The number of fused-ring (bicyclic) bond motifs is 7. The average Bonchev–Trinajstić information content (AvgIpc) is 3.73. The van der Waals surface area contributed by atoms with Gasteiger partial charge in [0, 0.05) is 12.3 Å². The molecule has 0 N–H and O–H groups in total. The van der Waals surface area contributed by atoms with Gasteiger partial charge in [0.1, 0.15) is 0 Å². The highest BCUT2D eigenvalue weighted by molar-refractivity contribution is 5.96. The number of hydrogen-bond donors (Lipinski definition) is 0. The van der Waals surface area contributed by atoms with Crippen LogP contribution in [0.15, 0.2) is 0 Å². The lowest BCUT2D eigenvalue weighted by atomic mass is 9.61. The number of esters is 4. The van der Waals surface area contributed by atoms with E-state index in [9.17, 15) is 19.2 Å². The fourth-order valence-corrected chi connectivity index (χ4v) is 10.5. The van der Waals surface area contributed by atoms with E-state index in [1.165, 1.54) is 0 Å². The first-order valence-electron chi connectivity index (χ1n) is 15.1. The molecule has 4 aliphatic carbocycles. The maximum absolute atomic E-state index is 14.1. The fourth-order valence-electron chi connectivity index (χ4n) is 10.5. The van der Waals surface area contributed by atoms with Gasteiger partial charge in [-0.2, -0.15) is 0 Å². The van der Waals surface area contributed by atoms with Crippen LogP contribution < -0.4 is 0 Å². The molecule has 8 nitrogen and oxygen atoms in total. The minimum absolute atomic E-state index is 0. The molecule has 0 spiro atoms. The zero-order chi connectivity index (χ0) is 26.3. The van der Waals surface area contributed by atoms with E-state index >= 15 is 0 Å². The number of rotatable bonds is 6. The van der Waals surface area contributed by atoms with E-state index in [4.69, 9.17) is 18.9 Å². The summed E-state index contributed by atoms with van der Waals surface area (Å²) in [5.74, 6) is -0.120. The van der Waals surface area contributed by atoms with E-state index in [2.05, 4.69) is 6.92 Å². The molecule has 0 radical (unpaired) electrons. The topological polar surface area (TPSA) is 105 Å². The van der Waals surface area contributed by atoms with Crippen molar-refractivity contribution in [3.63, 3.8) is 0 Å². The molecule has 3 heterocycles. The second-order valence-electron chi connectivity index (χ2n) is 13.5. The van der Waals surface area contributed by atoms with E-state index in [0.717, 1.165) is 38.5 Å². The van der Waals surface area contributed by atoms with Crippen LogP contribution in [0.25, 0.3) is 0 Å². The lowest BCUT2D eigenvalue weighted by molar-refractivity contribution is -0.196. The summed E-state index contributed by atoms with van der Waals surface area (Å²) >= 11 is 0. The normalized spacial score (nSPS) is 41.1. The average molecular weight is 657 g/mol. The molecule has 272 valence electrons. The minimum Gasteiger partial charge on any atom is -0.465 e. The summed E-state index contributed by atoms with van der Waals surface area (Å²) < 4.78 is 22.4. The van der Waals surface area contributed by atoms with Crippen LogP contribution in [-0.4, -0.2) is 43.4 Å². The van der Waals surface area contributed by atoms with Gasteiger partial charge in [0.05, 0.1) is 36.9 Å². The number of ether oxygens (including phenoxy) is 4. The first kappa shape index (κ1) is 46.2. The zero-order valence-corrected chi connectivity index (χ0v) is 22.4. The second-order valence-corrected chi connectivity index (χ2v) is 13.5. The van der Waals surface area contributed by atoms with E-state index in [-0.39, 0.29) is 101 Å². The Morgan fingerprint density at radius 1 is 0.783 bits per heavy atom. The maximum atomic E-state index is 14.1. The van der Waals surface area contributed by atoms with E-state index < -0.39 is 30.1 Å². The van der Waals surface area contributed by atoms with Crippen molar-refractivity contribution in [1.82, 2.24) is 0 Å². The van der Waals surface area contributed by atoms with Crippen molar-refractivity contribution in [3.05, 3.63) is 0 Å². The highest BCUT2D eigenvalue weighted by atomic mass is 16.7. The molecule has 0 amide bonds. The predicted octanol–water partition coefficient (Wildman–Crippen LogP) is 8.84. The molecule has 7 fully saturated rings. The highest BCUT2D eigenvalue weighted by Crippen LogP contribution is 2.64. The minimum atomic E-state index is -0.504. The summed E-state index contributed by atoms with van der Waals surface area (Å²) in [5.41, 5.74) is 0. The van der Waals surface area contributed by atoms with Crippen LogP contribution in [-0.2, 0) is 38.1 Å². The number of carbonyl (C=O) groups is 4. The fraction of sp³-hybridized carbons (Fsp3) is 0.895. The second kappa shape index (κ2) is 17.4. The first-order valence-corrected chi connectivity index (χ1v) is 15.1. The molecule has 14 atom stereocenters.